The van der Waals surface area contributed by atoms with Crippen molar-refractivity contribution in [2.75, 3.05) is 6.54 Å². The molecule has 3 heterocycles. The van der Waals surface area contributed by atoms with Crippen LogP contribution in [0.15, 0.2) is 85.5 Å². The fourth-order valence-electron chi connectivity index (χ4n) is 8.70. The summed E-state index contributed by atoms with van der Waals surface area (Å²) in [4.78, 5) is 54.9. The second-order valence-corrected chi connectivity index (χ2v) is 21.7. The fourth-order valence-corrected chi connectivity index (χ4v) is 11.2. The highest BCUT2D eigenvalue weighted by molar-refractivity contribution is 7.90. The Labute approximate surface area is 374 Å². The van der Waals surface area contributed by atoms with Crippen molar-refractivity contribution in [3.8, 4) is 23.0 Å². The number of nitrogens with one attached hydrogen (secondary N) is 1. The first kappa shape index (κ1) is 45.2. The Morgan fingerprint density at radius 3 is 2.38 bits per heavy atom. The molecule has 1 aliphatic heterocycles. The largest absolute Gasteiger partial charge is 0.491 e. The number of aromatic nitrogens is 2. The summed E-state index contributed by atoms with van der Waals surface area (Å²) in [5, 5.41) is 0.230. The number of carbonyl (C=O) groups excluding carboxylic acids is 3. The molecule has 5 atom stereocenters. The van der Waals surface area contributed by atoms with Crippen molar-refractivity contribution < 1.29 is 45.4 Å². The molecule has 1 saturated heterocycles. The number of fused-ring (bicyclic) bond motifs is 3. The first-order valence-electron chi connectivity index (χ1n) is 21.5. The lowest BCUT2D eigenvalue weighted by Crippen LogP contribution is -2.48. The van der Waals surface area contributed by atoms with Crippen LogP contribution in [0.5, 0.6) is 11.6 Å². The van der Waals surface area contributed by atoms with Gasteiger partial charge in [0.1, 0.15) is 16.6 Å². The third-order valence-electron chi connectivity index (χ3n) is 12.5. The van der Waals surface area contributed by atoms with Crippen LogP contribution in [0.25, 0.3) is 31.7 Å². The van der Waals surface area contributed by atoms with Gasteiger partial charge in [-0.1, -0.05) is 63.2 Å². The smallest absolute Gasteiger partial charge is 0.416 e. The van der Waals surface area contributed by atoms with Crippen LogP contribution >= 0.6 is 11.3 Å². The third kappa shape index (κ3) is 9.26. The molecule has 1 N–H and O–H groups in total. The topological polar surface area (TPSA) is 145 Å². The number of nitrogens with zero attached hydrogens (tertiary/aromatic N) is 3. The quantitative estimate of drug-likeness (QED) is 0.102. The Morgan fingerprint density at radius 1 is 1.02 bits per heavy atom. The number of halogens is 3. The van der Waals surface area contributed by atoms with Crippen molar-refractivity contribution in [3.05, 3.63) is 96.6 Å². The highest BCUT2D eigenvalue weighted by Crippen LogP contribution is 2.57. The summed E-state index contributed by atoms with van der Waals surface area (Å²) in [7, 11) is -3.93. The van der Waals surface area contributed by atoms with Crippen LogP contribution in [0, 0.1) is 22.7 Å². The zero-order valence-corrected chi connectivity index (χ0v) is 37.9. The van der Waals surface area contributed by atoms with Gasteiger partial charge in [-0.05, 0) is 92.8 Å². The molecule has 8 rings (SSSR count). The van der Waals surface area contributed by atoms with Gasteiger partial charge in [-0.3, -0.25) is 19.1 Å². The van der Waals surface area contributed by atoms with Crippen LogP contribution in [0.3, 0.4) is 0 Å². The number of hydrogen-bond donors (Lipinski definition) is 1. The van der Waals surface area contributed by atoms with E-state index in [-0.39, 0.29) is 44.2 Å². The number of benzene rings is 3. The van der Waals surface area contributed by atoms with Gasteiger partial charge in [0, 0.05) is 34.4 Å². The number of carbonyl (C=O) groups is 3. The zero-order valence-electron chi connectivity index (χ0n) is 36.3. The lowest BCUT2D eigenvalue weighted by atomic mass is 9.76. The van der Waals surface area contributed by atoms with Crippen LogP contribution in [-0.2, 0) is 37.0 Å². The molecular formula is C48H51F3N4O7S2. The number of likely N-dealkylation sites (tertiary alicyclic amines) is 1. The summed E-state index contributed by atoms with van der Waals surface area (Å²) in [6, 6.07) is 18.9. The van der Waals surface area contributed by atoms with Crippen LogP contribution in [0.1, 0.15) is 77.8 Å². The minimum atomic E-state index is -4.59. The Morgan fingerprint density at radius 2 is 1.73 bits per heavy atom. The van der Waals surface area contributed by atoms with E-state index in [2.05, 4.69) is 11.3 Å². The molecule has 2 amide bonds. The molecule has 3 aliphatic rings. The normalized spacial score (nSPS) is 21.8. The van der Waals surface area contributed by atoms with Gasteiger partial charge in [-0.25, -0.2) is 13.4 Å². The number of Topliss-reactive ketones (excluding diaryl/α,β-unsaturated/α-hetero) is 1. The van der Waals surface area contributed by atoms with Crippen molar-refractivity contribution >= 4 is 59.3 Å². The molecule has 0 radical (unpaired) electrons. The van der Waals surface area contributed by atoms with Crippen molar-refractivity contribution in [2.45, 2.75) is 103 Å². The molecule has 0 bridgehead atoms. The van der Waals surface area contributed by atoms with Crippen LogP contribution < -0.4 is 14.2 Å². The van der Waals surface area contributed by atoms with Crippen molar-refractivity contribution in [1.29, 1.82) is 0 Å². The number of hydrogen-bond acceptors (Lipinski definition) is 10. The van der Waals surface area contributed by atoms with Crippen LogP contribution in [0.4, 0.5) is 13.2 Å². The third-order valence-corrected chi connectivity index (χ3v) is 15.4. The van der Waals surface area contributed by atoms with Gasteiger partial charge >= 0.3 is 6.18 Å². The molecule has 2 saturated carbocycles. The Hall–Kier alpha value is -5.35. The molecule has 3 aromatic carbocycles. The molecule has 0 spiro atoms. The highest BCUT2D eigenvalue weighted by atomic mass is 32.2. The highest BCUT2D eigenvalue weighted by Gasteiger charge is 2.61. The molecule has 2 aliphatic carbocycles. The molecular weight excluding hydrogens is 866 g/mol. The number of sulfonamides is 1. The maximum absolute atomic E-state index is 15.0. The van der Waals surface area contributed by atoms with Crippen molar-refractivity contribution in [3.63, 3.8) is 0 Å². The average Bonchev–Trinajstić information content (AvgIpc) is 4.14. The molecule has 2 aromatic heterocycles. The number of ether oxygens (including phenoxy) is 2. The van der Waals surface area contributed by atoms with E-state index in [9.17, 15) is 31.2 Å². The maximum atomic E-state index is 15.0. The van der Waals surface area contributed by atoms with Gasteiger partial charge in [0.15, 0.2) is 11.6 Å². The van der Waals surface area contributed by atoms with E-state index in [0.29, 0.717) is 45.8 Å². The minimum Gasteiger partial charge on any atom is -0.491 e. The first-order valence-corrected chi connectivity index (χ1v) is 23.8. The van der Waals surface area contributed by atoms with E-state index in [1.54, 1.807) is 12.1 Å². The summed E-state index contributed by atoms with van der Waals surface area (Å²) in [6.07, 6.45) is -3.18. The lowest BCUT2D eigenvalue weighted by molar-refractivity contribution is -0.144. The minimum absolute atomic E-state index is 0.00872. The molecule has 11 nitrogen and oxygen atoms in total. The zero-order chi connectivity index (χ0) is 45.9. The van der Waals surface area contributed by atoms with E-state index in [1.165, 1.54) is 22.3 Å². The summed E-state index contributed by atoms with van der Waals surface area (Å²) in [6.45, 7) is 13.1. The van der Waals surface area contributed by atoms with Gasteiger partial charge in [0.25, 0.3) is 0 Å². The van der Waals surface area contributed by atoms with Gasteiger partial charge in [0.05, 0.1) is 40.4 Å². The number of ketones is 1. The Kier molecular flexibility index (Phi) is 11.9. The maximum Gasteiger partial charge on any atom is 0.416 e. The van der Waals surface area contributed by atoms with E-state index in [4.69, 9.17) is 19.4 Å². The molecule has 16 heteroatoms. The predicted octanol–water partition coefficient (Wildman–Crippen LogP) is 9.33. The van der Waals surface area contributed by atoms with Crippen LogP contribution in [0.2, 0.25) is 0 Å². The van der Waals surface area contributed by atoms with Crippen molar-refractivity contribution in [2.24, 2.45) is 22.7 Å². The average molecular weight is 917 g/mol. The fraction of sp³-hybridized carbons (Fsp3) is 0.438. The monoisotopic (exact) mass is 916 g/mol. The van der Waals surface area contributed by atoms with E-state index >= 15 is 4.79 Å². The van der Waals surface area contributed by atoms with E-state index in [1.807, 2.05) is 83.1 Å². The molecule has 0 unspecified atom stereocenters. The van der Waals surface area contributed by atoms with Gasteiger partial charge < -0.3 is 14.4 Å². The summed E-state index contributed by atoms with van der Waals surface area (Å²) in [5.74, 6) is -1.74. The molecule has 5 aromatic rings. The first-order chi connectivity index (χ1) is 30.2. The van der Waals surface area contributed by atoms with Gasteiger partial charge in [-0.2, -0.15) is 18.2 Å². The van der Waals surface area contributed by atoms with Gasteiger partial charge in [-0.15, -0.1) is 17.9 Å². The molecule has 64 heavy (non-hydrogen) atoms. The second kappa shape index (κ2) is 16.9. The Balaban J connectivity index is 1.15. The number of rotatable bonds is 15. The number of allylic oxidation sites excluding steroid dienone is 1. The molecule has 3 fully saturated rings. The number of alkyl halides is 3. The SMILES string of the molecule is C=C[C@@H]1C[C@]1(CC(=O)[C@@H]1C[C@@H](Oc2nc(-c3ccc(OC(C)C)cc3)nc3c2sc2ccccc23)CN1C(=O)[C@@H](Cc1cccc(C(F)(F)F)c1)C(C)(C)C)C(=O)NS(=O)(=O)C1CC1. The summed E-state index contributed by atoms with van der Waals surface area (Å²) in [5.41, 5.74) is -1.32. The second-order valence-electron chi connectivity index (χ2n) is 18.6. The van der Waals surface area contributed by atoms with E-state index < -0.39 is 79.4 Å². The summed E-state index contributed by atoms with van der Waals surface area (Å²) >= 11 is 1.44. The number of amides is 2. The number of thiophene rings is 1. The Bertz CT molecular complexity index is 2750. The van der Waals surface area contributed by atoms with Crippen LogP contribution in [-0.4, -0.2) is 70.9 Å². The lowest BCUT2D eigenvalue weighted by Gasteiger charge is -2.35. The predicted molar refractivity (Wildman–Crippen MR) is 239 cm³/mol. The summed E-state index contributed by atoms with van der Waals surface area (Å²) < 4.78 is 83.7. The standard InChI is InChI=1S/C48H51F3N4O7S2/c1-7-30-24-47(30,45(58)54-64(59,60)34-19-20-34)25-38(56)37-23-33(26-55(37)44(57)36(46(4,5)6)22-28-11-10-12-31(21-28)48(49,50)51)62-43-41-40(35-13-8-9-14-39(35)63-41)52-42(53-43)29-15-17-32(18-16-29)61-27(2)3/h7-18,21,27,30,33-34,36-37H,1,19-20,22-26H2,2-6H3,(H,54,58)/t30-,33-,36-,37+,47-/m1/s1. The van der Waals surface area contributed by atoms with Gasteiger partial charge in [0.2, 0.25) is 27.7 Å². The van der Waals surface area contributed by atoms with Crippen molar-refractivity contribution in [1.82, 2.24) is 19.6 Å². The molecule has 338 valence electrons. The van der Waals surface area contributed by atoms with E-state index in [0.717, 1.165) is 22.2 Å².